The SMILES string of the molecule is CCN(CC(=O)O)C1CC(Nc2cc(C(=O)NC3CC3)c3ccccc3n2)C1. The summed E-state index contributed by atoms with van der Waals surface area (Å²) in [7, 11) is 0. The molecule has 1 aromatic heterocycles. The van der Waals surface area contributed by atoms with Gasteiger partial charge in [0.2, 0.25) is 0 Å². The number of carboxylic acids is 1. The first-order chi connectivity index (χ1) is 13.5. The zero-order chi connectivity index (χ0) is 19.7. The van der Waals surface area contributed by atoms with Crippen LogP contribution in [0.15, 0.2) is 30.3 Å². The average Bonchev–Trinajstić information content (AvgIpc) is 3.45. The summed E-state index contributed by atoms with van der Waals surface area (Å²) in [6, 6.07) is 10.3. The topological polar surface area (TPSA) is 94.6 Å². The molecule has 1 amide bonds. The van der Waals surface area contributed by atoms with Crippen LogP contribution < -0.4 is 10.6 Å². The second-order valence-corrected chi connectivity index (χ2v) is 7.74. The number of hydrogen-bond acceptors (Lipinski definition) is 5. The summed E-state index contributed by atoms with van der Waals surface area (Å²) in [5.41, 5.74) is 1.45. The van der Waals surface area contributed by atoms with Crippen LogP contribution in [0.2, 0.25) is 0 Å². The van der Waals surface area contributed by atoms with E-state index in [2.05, 4.69) is 15.6 Å². The number of anilines is 1. The van der Waals surface area contributed by atoms with E-state index in [1.807, 2.05) is 42.2 Å². The maximum Gasteiger partial charge on any atom is 0.317 e. The van der Waals surface area contributed by atoms with E-state index in [0.717, 1.165) is 43.1 Å². The van der Waals surface area contributed by atoms with Crippen molar-refractivity contribution in [2.45, 2.75) is 50.7 Å². The molecule has 2 aliphatic carbocycles. The van der Waals surface area contributed by atoms with Gasteiger partial charge in [-0.3, -0.25) is 14.5 Å². The maximum atomic E-state index is 12.7. The first-order valence-corrected chi connectivity index (χ1v) is 9.96. The lowest BCUT2D eigenvalue weighted by atomic mass is 9.85. The van der Waals surface area contributed by atoms with E-state index in [1.54, 1.807) is 0 Å². The Bertz CT molecular complexity index is 890. The molecular weight excluding hydrogens is 356 g/mol. The van der Waals surface area contributed by atoms with Crippen molar-refractivity contribution in [1.82, 2.24) is 15.2 Å². The average molecular weight is 382 g/mol. The molecule has 0 atom stereocenters. The van der Waals surface area contributed by atoms with Crippen molar-refractivity contribution >= 4 is 28.6 Å². The molecule has 0 unspecified atom stereocenters. The first-order valence-electron chi connectivity index (χ1n) is 9.96. The summed E-state index contributed by atoms with van der Waals surface area (Å²) >= 11 is 0. The van der Waals surface area contributed by atoms with Gasteiger partial charge in [-0.15, -0.1) is 0 Å². The lowest BCUT2D eigenvalue weighted by Gasteiger charge is -2.42. The molecule has 0 aliphatic heterocycles. The van der Waals surface area contributed by atoms with Crippen LogP contribution in [-0.2, 0) is 4.79 Å². The number of nitrogens with one attached hydrogen (secondary N) is 2. The van der Waals surface area contributed by atoms with Crippen molar-refractivity contribution in [2.24, 2.45) is 0 Å². The second-order valence-electron chi connectivity index (χ2n) is 7.74. The van der Waals surface area contributed by atoms with Crippen molar-refractivity contribution in [3.05, 3.63) is 35.9 Å². The third-order valence-corrected chi connectivity index (χ3v) is 5.60. The Morgan fingerprint density at radius 2 is 1.96 bits per heavy atom. The maximum absolute atomic E-state index is 12.7. The van der Waals surface area contributed by atoms with E-state index in [0.29, 0.717) is 17.4 Å². The van der Waals surface area contributed by atoms with E-state index in [9.17, 15) is 9.59 Å². The molecular formula is C21H26N4O3. The number of fused-ring (bicyclic) bond motifs is 1. The van der Waals surface area contributed by atoms with Gasteiger partial charge in [-0.2, -0.15) is 0 Å². The molecule has 0 spiro atoms. The Kier molecular flexibility index (Phi) is 5.17. The smallest absolute Gasteiger partial charge is 0.317 e. The molecule has 7 nitrogen and oxygen atoms in total. The fourth-order valence-corrected chi connectivity index (χ4v) is 3.81. The number of rotatable bonds is 8. The van der Waals surface area contributed by atoms with Crippen LogP contribution in [0.4, 0.5) is 5.82 Å². The van der Waals surface area contributed by atoms with Crippen LogP contribution in [0.1, 0.15) is 43.0 Å². The largest absolute Gasteiger partial charge is 0.480 e. The molecule has 2 saturated carbocycles. The quantitative estimate of drug-likeness (QED) is 0.649. The number of aliphatic carboxylic acids is 1. The Hall–Kier alpha value is -2.67. The van der Waals surface area contributed by atoms with E-state index in [1.165, 1.54) is 0 Å². The molecule has 28 heavy (non-hydrogen) atoms. The Morgan fingerprint density at radius 3 is 2.64 bits per heavy atom. The third-order valence-electron chi connectivity index (χ3n) is 5.60. The van der Waals surface area contributed by atoms with Gasteiger partial charge in [0.25, 0.3) is 5.91 Å². The van der Waals surface area contributed by atoms with Crippen LogP contribution in [0.3, 0.4) is 0 Å². The molecule has 3 N–H and O–H groups in total. The molecule has 0 radical (unpaired) electrons. The number of pyridine rings is 1. The van der Waals surface area contributed by atoms with Crippen molar-refractivity contribution < 1.29 is 14.7 Å². The number of amides is 1. The molecule has 4 rings (SSSR count). The van der Waals surface area contributed by atoms with Gasteiger partial charge in [-0.1, -0.05) is 25.1 Å². The number of carboxylic acid groups (broad SMARTS) is 1. The number of aromatic nitrogens is 1. The predicted molar refractivity (Wildman–Crippen MR) is 108 cm³/mol. The Labute approximate surface area is 164 Å². The van der Waals surface area contributed by atoms with E-state index in [-0.39, 0.29) is 24.5 Å². The highest BCUT2D eigenvalue weighted by Crippen LogP contribution is 2.30. The highest BCUT2D eigenvalue weighted by atomic mass is 16.4. The zero-order valence-electron chi connectivity index (χ0n) is 16.0. The molecule has 2 fully saturated rings. The van der Waals surface area contributed by atoms with Crippen molar-refractivity contribution in [1.29, 1.82) is 0 Å². The van der Waals surface area contributed by atoms with Gasteiger partial charge in [0.05, 0.1) is 17.6 Å². The third kappa shape index (κ3) is 4.09. The number of benzene rings is 1. The highest BCUT2D eigenvalue weighted by Gasteiger charge is 2.34. The van der Waals surface area contributed by atoms with Gasteiger partial charge < -0.3 is 15.7 Å². The van der Waals surface area contributed by atoms with Gasteiger partial charge in [-0.25, -0.2) is 4.98 Å². The molecule has 148 valence electrons. The Morgan fingerprint density at radius 1 is 1.21 bits per heavy atom. The van der Waals surface area contributed by atoms with Gasteiger partial charge in [0.1, 0.15) is 5.82 Å². The van der Waals surface area contributed by atoms with Crippen LogP contribution in [-0.4, -0.2) is 58.1 Å². The van der Waals surface area contributed by atoms with Gasteiger partial charge >= 0.3 is 5.97 Å². The van der Waals surface area contributed by atoms with E-state index in [4.69, 9.17) is 5.11 Å². The number of nitrogens with zero attached hydrogens (tertiary/aromatic N) is 2. The molecule has 2 aromatic rings. The molecule has 2 aliphatic rings. The molecule has 1 aromatic carbocycles. The van der Waals surface area contributed by atoms with Gasteiger partial charge in [0, 0.05) is 23.5 Å². The summed E-state index contributed by atoms with van der Waals surface area (Å²) < 4.78 is 0. The fourth-order valence-electron chi connectivity index (χ4n) is 3.81. The first kappa shape index (κ1) is 18.7. The summed E-state index contributed by atoms with van der Waals surface area (Å²) in [4.78, 5) is 30.3. The standard InChI is InChI=1S/C21H26N4O3/c1-2-25(12-20(26)27)15-9-14(10-15)22-19-11-17(21(28)23-13-7-8-13)16-5-3-4-6-18(16)24-19/h3-6,11,13-15H,2,7-10,12H2,1H3,(H,22,24)(H,23,28)(H,26,27). The number of carbonyl (C=O) groups excluding carboxylic acids is 1. The second kappa shape index (κ2) is 7.75. The minimum Gasteiger partial charge on any atom is -0.480 e. The fraction of sp³-hybridized carbons (Fsp3) is 0.476. The Balaban J connectivity index is 1.47. The number of para-hydroxylation sites is 1. The lowest BCUT2D eigenvalue weighted by molar-refractivity contribution is -0.139. The number of hydrogen-bond donors (Lipinski definition) is 3. The van der Waals surface area contributed by atoms with E-state index < -0.39 is 5.97 Å². The zero-order valence-corrected chi connectivity index (χ0v) is 16.0. The summed E-state index contributed by atoms with van der Waals surface area (Å²) in [5, 5.41) is 16.4. The van der Waals surface area contributed by atoms with Crippen molar-refractivity contribution in [2.75, 3.05) is 18.4 Å². The van der Waals surface area contributed by atoms with E-state index >= 15 is 0 Å². The summed E-state index contributed by atoms with van der Waals surface area (Å²) in [5.74, 6) is -0.139. The number of likely N-dealkylation sites (N-methyl/N-ethyl adjacent to an activating group) is 1. The monoisotopic (exact) mass is 382 g/mol. The summed E-state index contributed by atoms with van der Waals surface area (Å²) in [6.07, 6.45) is 3.85. The van der Waals surface area contributed by atoms with Crippen molar-refractivity contribution in [3.8, 4) is 0 Å². The normalized spacial score (nSPS) is 21.4. The van der Waals surface area contributed by atoms with Crippen molar-refractivity contribution in [3.63, 3.8) is 0 Å². The molecule has 1 heterocycles. The lowest BCUT2D eigenvalue weighted by Crippen LogP contribution is -2.51. The minimum atomic E-state index is -0.791. The van der Waals surface area contributed by atoms with Gasteiger partial charge in [0.15, 0.2) is 0 Å². The highest BCUT2D eigenvalue weighted by molar-refractivity contribution is 6.07. The number of carbonyl (C=O) groups is 2. The van der Waals surface area contributed by atoms with Crippen LogP contribution in [0, 0.1) is 0 Å². The molecule has 7 heteroatoms. The van der Waals surface area contributed by atoms with Crippen LogP contribution >= 0.6 is 0 Å². The van der Waals surface area contributed by atoms with Crippen LogP contribution in [0.25, 0.3) is 10.9 Å². The van der Waals surface area contributed by atoms with Crippen LogP contribution in [0.5, 0.6) is 0 Å². The molecule has 0 saturated heterocycles. The summed E-state index contributed by atoms with van der Waals surface area (Å²) in [6.45, 7) is 2.79. The minimum absolute atomic E-state index is 0.0470. The predicted octanol–water partition coefficient (Wildman–Crippen LogP) is 2.48. The van der Waals surface area contributed by atoms with Gasteiger partial charge in [-0.05, 0) is 44.4 Å². The molecule has 0 bridgehead atoms.